The quantitative estimate of drug-likeness (QED) is 0.194. The van der Waals surface area contributed by atoms with Crippen molar-refractivity contribution in [2.75, 3.05) is 0 Å². The van der Waals surface area contributed by atoms with Gasteiger partial charge < -0.3 is 0 Å². The SMILES string of the molecule is c1ccc(C2(c3ccccc3-c3ccc4cccc5c4c3-c3ccccc3S5)c3ccccc3-c3c2ccc2ccccc32)cc1. The summed E-state index contributed by atoms with van der Waals surface area (Å²) in [6.45, 7) is 0. The molecule has 1 aliphatic carbocycles. The van der Waals surface area contributed by atoms with Crippen LogP contribution in [-0.2, 0) is 5.41 Å². The number of hydrogen-bond acceptors (Lipinski definition) is 1. The van der Waals surface area contributed by atoms with Crippen molar-refractivity contribution in [1.29, 1.82) is 0 Å². The topological polar surface area (TPSA) is 0 Å². The molecule has 0 fully saturated rings. The van der Waals surface area contributed by atoms with Crippen LogP contribution in [0.3, 0.4) is 0 Å². The van der Waals surface area contributed by atoms with Crippen molar-refractivity contribution in [3.8, 4) is 33.4 Å². The number of fused-ring (bicyclic) bond motifs is 7. The van der Waals surface area contributed by atoms with Crippen molar-refractivity contribution in [2.24, 2.45) is 0 Å². The Kier molecular flexibility index (Phi) is 5.53. The van der Waals surface area contributed by atoms with Gasteiger partial charge in [-0.25, -0.2) is 0 Å². The fraction of sp³-hybridized carbons (Fsp3) is 0.0222. The lowest BCUT2D eigenvalue weighted by Crippen LogP contribution is -2.29. The Labute approximate surface area is 273 Å². The molecular weight excluding hydrogens is 573 g/mol. The highest BCUT2D eigenvalue weighted by molar-refractivity contribution is 7.99. The van der Waals surface area contributed by atoms with Crippen LogP contribution in [0.1, 0.15) is 22.3 Å². The lowest BCUT2D eigenvalue weighted by atomic mass is 9.65. The van der Waals surface area contributed by atoms with E-state index in [-0.39, 0.29) is 0 Å². The van der Waals surface area contributed by atoms with Crippen LogP contribution in [0.25, 0.3) is 54.9 Å². The summed E-state index contributed by atoms with van der Waals surface area (Å²) < 4.78 is 0. The molecule has 0 N–H and O–H groups in total. The minimum atomic E-state index is -0.502. The minimum Gasteiger partial charge on any atom is -0.0888 e. The van der Waals surface area contributed by atoms with Crippen LogP contribution >= 0.6 is 11.8 Å². The molecule has 0 radical (unpaired) electrons. The Morgan fingerprint density at radius 1 is 0.348 bits per heavy atom. The molecule has 8 aromatic carbocycles. The highest BCUT2D eigenvalue weighted by Gasteiger charge is 2.47. The van der Waals surface area contributed by atoms with E-state index in [1.165, 1.54) is 87.0 Å². The van der Waals surface area contributed by atoms with Crippen molar-refractivity contribution >= 4 is 33.3 Å². The van der Waals surface area contributed by atoms with E-state index < -0.39 is 5.41 Å². The Balaban J connectivity index is 1.38. The lowest BCUT2D eigenvalue weighted by molar-refractivity contribution is 0.771. The summed E-state index contributed by atoms with van der Waals surface area (Å²) >= 11 is 1.89. The Hall–Kier alpha value is -5.37. The third-order valence-corrected chi connectivity index (χ3v) is 11.3. The van der Waals surface area contributed by atoms with Gasteiger partial charge in [0.25, 0.3) is 0 Å². The lowest BCUT2D eigenvalue weighted by Gasteiger charge is -2.36. The zero-order valence-electron chi connectivity index (χ0n) is 25.1. The van der Waals surface area contributed by atoms with Gasteiger partial charge in [-0.15, -0.1) is 0 Å². The fourth-order valence-electron chi connectivity index (χ4n) is 8.35. The second-order valence-electron chi connectivity index (χ2n) is 12.4. The molecule has 0 nitrogen and oxygen atoms in total. The molecule has 1 atom stereocenters. The molecule has 8 aromatic rings. The molecular formula is C45H28S. The predicted molar refractivity (Wildman–Crippen MR) is 194 cm³/mol. The normalized spacial score (nSPS) is 15.8. The molecule has 0 saturated heterocycles. The van der Waals surface area contributed by atoms with E-state index in [1.54, 1.807) is 0 Å². The van der Waals surface area contributed by atoms with Gasteiger partial charge in [0.15, 0.2) is 0 Å². The van der Waals surface area contributed by atoms with Crippen molar-refractivity contribution in [3.05, 3.63) is 192 Å². The van der Waals surface area contributed by atoms with Gasteiger partial charge in [0.2, 0.25) is 0 Å². The molecule has 46 heavy (non-hydrogen) atoms. The highest BCUT2D eigenvalue weighted by Crippen LogP contribution is 2.60. The van der Waals surface area contributed by atoms with Gasteiger partial charge in [0.05, 0.1) is 5.41 Å². The van der Waals surface area contributed by atoms with Gasteiger partial charge in [-0.1, -0.05) is 169 Å². The first-order valence-corrected chi connectivity index (χ1v) is 16.8. The van der Waals surface area contributed by atoms with E-state index in [0.29, 0.717) is 0 Å². The molecule has 2 aliphatic rings. The van der Waals surface area contributed by atoms with Crippen LogP contribution < -0.4 is 0 Å². The maximum absolute atomic E-state index is 2.40. The smallest absolute Gasteiger partial charge is 0.0719 e. The summed E-state index contributed by atoms with van der Waals surface area (Å²) in [4.78, 5) is 2.64. The maximum Gasteiger partial charge on any atom is 0.0719 e. The molecule has 10 rings (SSSR count). The van der Waals surface area contributed by atoms with E-state index in [9.17, 15) is 0 Å². The highest BCUT2D eigenvalue weighted by atomic mass is 32.2. The van der Waals surface area contributed by atoms with Crippen LogP contribution in [-0.4, -0.2) is 0 Å². The zero-order chi connectivity index (χ0) is 30.2. The monoisotopic (exact) mass is 600 g/mol. The fourth-order valence-corrected chi connectivity index (χ4v) is 9.48. The van der Waals surface area contributed by atoms with Crippen molar-refractivity contribution in [1.82, 2.24) is 0 Å². The molecule has 0 saturated carbocycles. The van der Waals surface area contributed by atoms with Crippen molar-refractivity contribution in [3.63, 3.8) is 0 Å². The van der Waals surface area contributed by atoms with Crippen LogP contribution in [0.5, 0.6) is 0 Å². The molecule has 0 aromatic heterocycles. The average molecular weight is 601 g/mol. The molecule has 1 aliphatic heterocycles. The molecule has 1 heterocycles. The van der Waals surface area contributed by atoms with Gasteiger partial charge in [-0.05, 0) is 83.9 Å². The number of rotatable bonds is 3. The van der Waals surface area contributed by atoms with E-state index in [2.05, 4.69) is 170 Å². The first kappa shape index (κ1) is 25.9. The zero-order valence-corrected chi connectivity index (χ0v) is 25.9. The predicted octanol–water partition coefficient (Wildman–Crippen LogP) is 12.2. The standard InChI is InChI=1S/C45H28S/c1-2-15-31(16-3-1)45(38-22-10-7-19-35(38)43-32-17-5-4-13-29(32)26-28-39(43)45)37-21-9-6-18-33(37)34-27-25-30-14-12-24-41-42(30)44(34)36-20-8-11-23-40(36)46-41/h1-28H. The maximum atomic E-state index is 2.40. The van der Waals surface area contributed by atoms with Crippen LogP contribution in [0.4, 0.5) is 0 Å². The van der Waals surface area contributed by atoms with Gasteiger partial charge >= 0.3 is 0 Å². The summed E-state index contributed by atoms with van der Waals surface area (Å²) in [5.74, 6) is 0. The van der Waals surface area contributed by atoms with Crippen molar-refractivity contribution < 1.29 is 0 Å². The molecule has 1 heteroatoms. The largest absolute Gasteiger partial charge is 0.0888 e. The second-order valence-corrected chi connectivity index (χ2v) is 13.4. The summed E-state index contributed by atoms with van der Waals surface area (Å²) in [5, 5.41) is 5.22. The minimum absolute atomic E-state index is 0.502. The van der Waals surface area contributed by atoms with Crippen LogP contribution in [0.2, 0.25) is 0 Å². The first-order valence-electron chi connectivity index (χ1n) is 15.9. The molecule has 1 unspecified atom stereocenters. The van der Waals surface area contributed by atoms with E-state index in [1.807, 2.05) is 11.8 Å². The average Bonchev–Trinajstić information content (AvgIpc) is 3.44. The molecule has 214 valence electrons. The van der Waals surface area contributed by atoms with E-state index in [0.717, 1.165) is 0 Å². The summed E-state index contributed by atoms with van der Waals surface area (Å²) in [7, 11) is 0. The Morgan fingerprint density at radius 2 is 0.978 bits per heavy atom. The Bertz CT molecular complexity index is 2510. The first-order chi connectivity index (χ1) is 22.8. The van der Waals surface area contributed by atoms with Gasteiger partial charge in [0.1, 0.15) is 0 Å². The van der Waals surface area contributed by atoms with E-state index >= 15 is 0 Å². The molecule has 0 spiro atoms. The number of hydrogen-bond donors (Lipinski definition) is 0. The van der Waals surface area contributed by atoms with Crippen molar-refractivity contribution in [2.45, 2.75) is 15.2 Å². The van der Waals surface area contributed by atoms with Gasteiger partial charge in [-0.2, -0.15) is 0 Å². The Morgan fingerprint density at radius 3 is 1.85 bits per heavy atom. The molecule has 0 bridgehead atoms. The summed E-state index contributed by atoms with van der Waals surface area (Å²) in [5.41, 5.74) is 12.6. The molecule has 0 amide bonds. The van der Waals surface area contributed by atoms with Crippen LogP contribution in [0, 0.1) is 0 Å². The summed E-state index contributed by atoms with van der Waals surface area (Å²) in [6.07, 6.45) is 0. The third-order valence-electron chi connectivity index (χ3n) is 10.1. The third kappa shape index (κ3) is 3.41. The summed E-state index contributed by atoms with van der Waals surface area (Å²) in [6, 6.07) is 63.4. The van der Waals surface area contributed by atoms with Crippen LogP contribution in [0.15, 0.2) is 180 Å². The van der Waals surface area contributed by atoms with Gasteiger partial charge in [-0.3, -0.25) is 0 Å². The second kappa shape index (κ2) is 9.81. The number of benzene rings is 8. The van der Waals surface area contributed by atoms with E-state index in [4.69, 9.17) is 0 Å². The van der Waals surface area contributed by atoms with Gasteiger partial charge in [0, 0.05) is 15.2 Å².